The maximum atomic E-state index is 7.13. The lowest BCUT2D eigenvalue weighted by molar-refractivity contribution is 0.609. The third kappa shape index (κ3) is 1.56. The normalized spacial score (nSPS) is 26.0. The van der Waals surface area contributed by atoms with Crippen molar-refractivity contribution >= 4 is 5.84 Å². The Balaban J connectivity index is 2.44. The summed E-state index contributed by atoms with van der Waals surface area (Å²) in [6.07, 6.45) is 7.38. The highest BCUT2D eigenvalue weighted by molar-refractivity contribution is 5.79. The molecule has 1 atom stereocenters. The topological polar surface area (TPSA) is 49.9 Å². The molecule has 0 saturated heterocycles. The van der Waals surface area contributed by atoms with Crippen molar-refractivity contribution in [2.24, 2.45) is 11.7 Å². The molecule has 2 nitrogen and oxygen atoms in total. The second-order valence-electron chi connectivity index (χ2n) is 2.44. The number of hydrogen-bond donors (Lipinski definition) is 2. The van der Waals surface area contributed by atoms with Gasteiger partial charge in [0.2, 0.25) is 0 Å². The highest BCUT2D eigenvalue weighted by Crippen LogP contribution is 2.16. The van der Waals surface area contributed by atoms with Crippen LogP contribution in [0.25, 0.3) is 0 Å². The fraction of sp³-hybridized carbons (Fsp3) is 0.571. The van der Waals surface area contributed by atoms with Crippen LogP contribution in [0.1, 0.15) is 19.3 Å². The minimum atomic E-state index is 0.329. The van der Waals surface area contributed by atoms with Crippen LogP contribution in [0, 0.1) is 11.3 Å². The van der Waals surface area contributed by atoms with Crippen LogP contribution in [-0.2, 0) is 0 Å². The predicted molar refractivity (Wildman–Crippen MR) is 38.4 cm³/mol. The smallest absolute Gasteiger partial charge is 0.0940 e. The van der Waals surface area contributed by atoms with Crippen molar-refractivity contribution in [3.63, 3.8) is 0 Å². The molecule has 0 saturated carbocycles. The average Bonchev–Trinajstić information content (AvgIpc) is 1.90. The van der Waals surface area contributed by atoms with E-state index in [0.29, 0.717) is 11.8 Å². The molecule has 9 heavy (non-hydrogen) atoms. The van der Waals surface area contributed by atoms with E-state index >= 15 is 0 Å². The first-order valence-electron chi connectivity index (χ1n) is 3.29. The standard InChI is InChI=1S/C7H12N2/c8-7(9)6-4-2-1-3-5-6/h1-2,6H,3-5H2,(H3,8,9). The predicted octanol–water partition coefficient (Wildman–Crippen LogP) is 1.28. The van der Waals surface area contributed by atoms with Crippen molar-refractivity contribution in [1.29, 1.82) is 5.41 Å². The van der Waals surface area contributed by atoms with Gasteiger partial charge in [0.15, 0.2) is 0 Å². The lowest BCUT2D eigenvalue weighted by Gasteiger charge is -2.14. The van der Waals surface area contributed by atoms with Crippen LogP contribution in [0.4, 0.5) is 0 Å². The van der Waals surface area contributed by atoms with E-state index in [1.54, 1.807) is 0 Å². The Morgan fingerprint density at radius 2 is 2.33 bits per heavy atom. The fourth-order valence-corrected chi connectivity index (χ4v) is 1.08. The molecular weight excluding hydrogens is 112 g/mol. The van der Waals surface area contributed by atoms with Crippen molar-refractivity contribution in [1.82, 2.24) is 0 Å². The maximum absolute atomic E-state index is 7.13. The fourth-order valence-electron chi connectivity index (χ4n) is 1.08. The Labute approximate surface area is 55.3 Å². The Hall–Kier alpha value is -0.790. The highest BCUT2D eigenvalue weighted by Gasteiger charge is 2.11. The lowest BCUT2D eigenvalue weighted by atomic mass is 9.94. The molecule has 0 aliphatic heterocycles. The van der Waals surface area contributed by atoms with Crippen molar-refractivity contribution in [2.45, 2.75) is 19.3 Å². The minimum Gasteiger partial charge on any atom is -0.387 e. The van der Waals surface area contributed by atoms with E-state index in [0.717, 1.165) is 19.3 Å². The van der Waals surface area contributed by atoms with Crippen molar-refractivity contribution < 1.29 is 0 Å². The van der Waals surface area contributed by atoms with Crippen molar-refractivity contribution in [3.05, 3.63) is 12.2 Å². The zero-order valence-electron chi connectivity index (χ0n) is 5.43. The summed E-state index contributed by atoms with van der Waals surface area (Å²) >= 11 is 0. The van der Waals surface area contributed by atoms with E-state index in [9.17, 15) is 0 Å². The maximum Gasteiger partial charge on any atom is 0.0940 e. The van der Waals surface area contributed by atoms with Gasteiger partial charge in [-0.1, -0.05) is 12.2 Å². The van der Waals surface area contributed by atoms with Crippen LogP contribution in [0.2, 0.25) is 0 Å². The molecule has 3 N–H and O–H groups in total. The zero-order chi connectivity index (χ0) is 6.69. The molecule has 0 aromatic heterocycles. The highest BCUT2D eigenvalue weighted by atomic mass is 14.7. The van der Waals surface area contributed by atoms with Gasteiger partial charge < -0.3 is 5.73 Å². The molecule has 0 bridgehead atoms. The molecule has 0 fully saturated rings. The summed E-state index contributed by atoms with van der Waals surface area (Å²) in [6.45, 7) is 0. The van der Waals surface area contributed by atoms with Gasteiger partial charge in [-0.05, 0) is 19.3 Å². The van der Waals surface area contributed by atoms with E-state index in [-0.39, 0.29) is 0 Å². The SMILES string of the molecule is N=C(N)C1CC=CCC1. The van der Waals surface area contributed by atoms with E-state index < -0.39 is 0 Å². The molecule has 0 aromatic carbocycles. The first-order valence-corrected chi connectivity index (χ1v) is 3.29. The van der Waals surface area contributed by atoms with Gasteiger partial charge in [-0.2, -0.15) is 0 Å². The molecule has 0 amide bonds. The summed E-state index contributed by atoms with van der Waals surface area (Å²) in [7, 11) is 0. The molecule has 1 unspecified atom stereocenters. The molecule has 0 spiro atoms. The van der Waals surface area contributed by atoms with Gasteiger partial charge in [0.1, 0.15) is 0 Å². The summed E-state index contributed by atoms with van der Waals surface area (Å²) < 4.78 is 0. The third-order valence-electron chi connectivity index (χ3n) is 1.71. The van der Waals surface area contributed by atoms with Crippen LogP contribution in [0.5, 0.6) is 0 Å². The molecule has 0 aromatic rings. The molecule has 0 heterocycles. The van der Waals surface area contributed by atoms with Crippen molar-refractivity contribution in [3.8, 4) is 0 Å². The minimum absolute atomic E-state index is 0.329. The number of nitrogens with one attached hydrogen (secondary N) is 1. The van der Waals surface area contributed by atoms with Gasteiger partial charge in [-0.3, -0.25) is 5.41 Å². The number of hydrogen-bond acceptors (Lipinski definition) is 1. The first kappa shape index (κ1) is 6.33. The van der Waals surface area contributed by atoms with E-state index in [2.05, 4.69) is 12.2 Å². The number of rotatable bonds is 1. The van der Waals surface area contributed by atoms with Crippen LogP contribution in [-0.4, -0.2) is 5.84 Å². The van der Waals surface area contributed by atoms with Gasteiger partial charge >= 0.3 is 0 Å². The number of amidine groups is 1. The molecule has 1 aliphatic rings. The summed E-state index contributed by atoms with van der Waals surface area (Å²) in [5.74, 6) is 0.675. The van der Waals surface area contributed by atoms with Gasteiger partial charge in [0.05, 0.1) is 5.84 Å². The second kappa shape index (κ2) is 2.67. The summed E-state index contributed by atoms with van der Waals surface area (Å²) in [5, 5.41) is 7.13. The molecule has 1 aliphatic carbocycles. The number of allylic oxidation sites excluding steroid dienone is 2. The molecule has 0 radical (unpaired) electrons. The third-order valence-corrected chi connectivity index (χ3v) is 1.71. The Bertz CT molecular complexity index is 138. The second-order valence-corrected chi connectivity index (χ2v) is 2.44. The van der Waals surface area contributed by atoms with Gasteiger partial charge in [0, 0.05) is 5.92 Å². The van der Waals surface area contributed by atoms with Crippen LogP contribution in [0.3, 0.4) is 0 Å². The van der Waals surface area contributed by atoms with Gasteiger partial charge in [0.25, 0.3) is 0 Å². The molecule has 1 rings (SSSR count). The zero-order valence-corrected chi connectivity index (χ0v) is 5.43. The summed E-state index contributed by atoms with van der Waals surface area (Å²) in [6, 6.07) is 0. The van der Waals surface area contributed by atoms with Crippen LogP contribution >= 0.6 is 0 Å². The monoisotopic (exact) mass is 124 g/mol. The summed E-state index contributed by atoms with van der Waals surface area (Å²) in [5.41, 5.74) is 5.32. The molecular formula is C7H12N2. The van der Waals surface area contributed by atoms with E-state index in [4.69, 9.17) is 11.1 Å². The molecule has 50 valence electrons. The largest absolute Gasteiger partial charge is 0.387 e. The van der Waals surface area contributed by atoms with E-state index in [1.807, 2.05) is 0 Å². The van der Waals surface area contributed by atoms with E-state index in [1.165, 1.54) is 0 Å². The average molecular weight is 124 g/mol. The van der Waals surface area contributed by atoms with Crippen molar-refractivity contribution in [2.75, 3.05) is 0 Å². The summed E-state index contributed by atoms with van der Waals surface area (Å²) in [4.78, 5) is 0. The Morgan fingerprint density at radius 1 is 1.56 bits per heavy atom. The lowest BCUT2D eigenvalue weighted by Crippen LogP contribution is -2.22. The van der Waals surface area contributed by atoms with Crippen LogP contribution in [0.15, 0.2) is 12.2 Å². The van der Waals surface area contributed by atoms with Gasteiger partial charge in [-0.15, -0.1) is 0 Å². The molecule has 2 heteroatoms. The quantitative estimate of drug-likeness (QED) is 0.309. The van der Waals surface area contributed by atoms with Crippen LogP contribution < -0.4 is 5.73 Å². The van der Waals surface area contributed by atoms with Gasteiger partial charge in [-0.25, -0.2) is 0 Å². The Kier molecular flexibility index (Phi) is 1.88. The number of nitrogens with two attached hydrogens (primary N) is 1. The first-order chi connectivity index (χ1) is 4.30. The Morgan fingerprint density at radius 3 is 2.67 bits per heavy atom.